The van der Waals surface area contributed by atoms with Crippen molar-refractivity contribution in [3.63, 3.8) is 0 Å². The molecule has 3 rings (SSSR count). The molecule has 2 aromatic carbocycles. The fraction of sp³-hybridized carbons (Fsp3) is 0.485. The van der Waals surface area contributed by atoms with Gasteiger partial charge in [-0.05, 0) is 49.1 Å². The van der Waals surface area contributed by atoms with Crippen LogP contribution in [0, 0.1) is 5.82 Å². The molecule has 0 aliphatic rings. The van der Waals surface area contributed by atoms with Crippen molar-refractivity contribution in [2.45, 2.75) is 96.5 Å². The van der Waals surface area contributed by atoms with Crippen LogP contribution in [0.25, 0.3) is 22.5 Å². The molecule has 1 aromatic heterocycles. The van der Waals surface area contributed by atoms with Gasteiger partial charge in [-0.15, -0.1) is 0 Å². The molecular weight excluding hydrogens is 567 g/mol. The molecule has 3 aromatic rings. The monoisotopic (exact) mass is 606 g/mol. The van der Waals surface area contributed by atoms with Gasteiger partial charge in [-0.1, -0.05) is 77.0 Å². The first kappa shape index (κ1) is 33.9. The quantitative estimate of drug-likeness (QED) is 0.0870. The molecule has 0 fully saturated rings. The fourth-order valence-electron chi connectivity index (χ4n) is 4.48. The van der Waals surface area contributed by atoms with Crippen molar-refractivity contribution >= 4 is 5.97 Å². The summed E-state index contributed by atoms with van der Waals surface area (Å²) in [6.07, 6.45) is 1.70. The van der Waals surface area contributed by atoms with Crippen molar-refractivity contribution in [1.82, 2.24) is 9.97 Å². The lowest BCUT2D eigenvalue weighted by molar-refractivity contribution is -0.206. The van der Waals surface area contributed by atoms with Gasteiger partial charge >= 0.3 is 12.1 Å². The molecule has 2 atom stereocenters. The average Bonchev–Trinajstić information content (AvgIpc) is 2.99. The Morgan fingerprint density at radius 1 is 0.814 bits per heavy atom. The lowest BCUT2D eigenvalue weighted by Gasteiger charge is -2.20. The summed E-state index contributed by atoms with van der Waals surface area (Å²) < 4.78 is 79.0. The van der Waals surface area contributed by atoms with Crippen LogP contribution in [0.15, 0.2) is 54.9 Å². The van der Waals surface area contributed by atoms with Gasteiger partial charge in [0.1, 0.15) is 12.8 Å². The maximum atomic E-state index is 14.6. The normalized spacial score (nSPS) is 13.0. The van der Waals surface area contributed by atoms with Crippen molar-refractivity contribution in [3.8, 4) is 28.3 Å². The molecular formula is C33H39F5N2O3. The van der Waals surface area contributed by atoms with E-state index < -0.39 is 30.2 Å². The summed E-state index contributed by atoms with van der Waals surface area (Å²) in [5.41, 5.74) is 1.54. The molecule has 5 nitrogen and oxygen atoms in total. The summed E-state index contributed by atoms with van der Waals surface area (Å²) in [7, 11) is 0. The van der Waals surface area contributed by atoms with E-state index in [1.54, 1.807) is 6.07 Å². The number of carbonyl (C=O) groups is 1. The van der Waals surface area contributed by atoms with E-state index in [0.29, 0.717) is 41.8 Å². The van der Waals surface area contributed by atoms with E-state index in [9.17, 15) is 26.7 Å². The van der Waals surface area contributed by atoms with Crippen molar-refractivity contribution in [1.29, 1.82) is 0 Å². The molecule has 0 spiro atoms. The van der Waals surface area contributed by atoms with Gasteiger partial charge in [0.05, 0.1) is 5.56 Å². The van der Waals surface area contributed by atoms with Crippen LogP contribution in [0.5, 0.6) is 5.75 Å². The molecule has 0 saturated heterocycles. The summed E-state index contributed by atoms with van der Waals surface area (Å²) in [6, 6.07) is 10.1. The first-order valence-corrected chi connectivity index (χ1v) is 14.9. The van der Waals surface area contributed by atoms with Gasteiger partial charge in [0.15, 0.2) is 23.5 Å². The number of unbranched alkanes of at least 4 members (excludes halogenated alkanes) is 6. The van der Waals surface area contributed by atoms with E-state index in [2.05, 4.69) is 16.9 Å². The van der Waals surface area contributed by atoms with Crippen LogP contribution in [0.2, 0.25) is 0 Å². The third-order valence-corrected chi connectivity index (χ3v) is 7.02. The highest BCUT2D eigenvalue weighted by Gasteiger charge is 2.42. The average molecular weight is 607 g/mol. The van der Waals surface area contributed by atoms with Gasteiger partial charge in [0.25, 0.3) is 0 Å². The van der Waals surface area contributed by atoms with E-state index >= 15 is 0 Å². The van der Waals surface area contributed by atoms with Crippen LogP contribution in [-0.4, -0.2) is 41.0 Å². The zero-order chi connectivity index (χ0) is 31.2. The number of esters is 1. The Hall–Kier alpha value is -3.56. The largest absolute Gasteiger partial charge is 0.487 e. The molecule has 0 amide bonds. The number of benzene rings is 2. The van der Waals surface area contributed by atoms with Gasteiger partial charge < -0.3 is 9.47 Å². The Labute approximate surface area is 249 Å². The summed E-state index contributed by atoms with van der Waals surface area (Å²) in [5.74, 6) is -1.41. The van der Waals surface area contributed by atoms with Crippen LogP contribution in [0.1, 0.15) is 88.4 Å². The number of rotatable bonds is 17. The van der Waals surface area contributed by atoms with Crippen LogP contribution in [0.4, 0.5) is 22.0 Å². The van der Waals surface area contributed by atoms with Gasteiger partial charge in [-0.25, -0.2) is 23.5 Å². The van der Waals surface area contributed by atoms with Crippen molar-refractivity contribution in [2.75, 3.05) is 6.61 Å². The molecule has 10 heteroatoms. The number of ether oxygens (including phenoxy) is 2. The van der Waals surface area contributed by atoms with E-state index in [1.165, 1.54) is 48.8 Å². The zero-order valence-corrected chi connectivity index (χ0v) is 24.6. The molecule has 1 unspecified atom stereocenters. The van der Waals surface area contributed by atoms with Crippen molar-refractivity contribution in [3.05, 3.63) is 66.2 Å². The standard InChI is InChI=1S/C33H39F5N2O3/c1-3-5-7-9-11-27(34)22-42-29-18-17-25(19-28(29)35)26-20-39-31(40-21-26)23-13-15-24(16-14-23)32(41)43-30(33(36,37)38)12-10-8-6-4-2/h13-21,27,30H,3-12,22H2,1-2H3/t27?,30-/m1/s1. The lowest BCUT2D eigenvalue weighted by atomic mass is 10.1. The highest BCUT2D eigenvalue weighted by atomic mass is 19.4. The molecule has 0 aliphatic carbocycles. The minimum atomic E-state index is -4.64. The van der Waals surface area contributed by atoms with E-state index in [0.717, 1.165) is 38.5 Å². The number of carbonyl (C=O) groups excluding carboxylic acids is 1. The number of hydrogen-bond donors (Lipinski definition) is 0. The molecule has 0 aliphatic heterocycles. The zero-order valence-electron chi connectivity index (χ0n) is 24.6. The molecule has 0 saturated carbocycles. The number of alkyl halides is 4. The SMILES string of the molecule is CCCCCCC(F)COc1ccc(-c2cnc(-c3ccc(C(=O)O[C@H](CCCCCC)C(F)(F)F)cc3)nc2)cc1F. The van der Waals surface area contributed by atoms with Crippen LogP contribution >= 0.6 is 0 Å². The lowest BCUT2D eigenvalue weighted by Crippen LogP contribution is -2.33. The van der Waals surface area contributed by atoms with Gasteiger partial charge in [-0.2, -0.15) is 13.2 Å². The predicted molar refractivity (Wildman–Crippen MR) is 156 cm³/mol. The van der Waals surface area contributed by atoms with E-state index in [-0.39, 0.29) is 24.3 Å². The first-order valence-electron chi connectivity index (χ1n) is 14.9. The predicted octanol–water partition coefficient (Wildman–Crippen LogP) is 9.70. The summed E-state index contributed by atoms with van der Waals surface area (Å²) >= 11 is 0. The number of nitrogens with zero attached hydrogens (tertiary/aromatic N) is 2. The Bertz CT molecular complexity index is 1270. The Morgan fingerprint density at radius 3 is 2.00 bits per heavy atom. The molecule has 0 bridgehead atoms. The molecule has 0 N–H and O–H groups in total. The molecule has 1 heterocycles. The number of aromatic nitrogens is 2. The Morgan fingerprint density at radius 2 is 1.42 bits per heavy atom. The van der Waals surface area contributed by atoms with Crippen molar-refractivity contribution < 1.29 is 36.2 Å². The Balaban J connectivity index is 1.58. The fourth-order valence-corrected chi connectivity index (χ4v) is 4.48. The third-order valence-electron chi connectivity index (χ3n) is 7.02. The van der Waals surface area contributed by atoms with Gasteiger partial charge in [0, 0.05) is 23.5 Å². The highest BCUT2D eigenvalue weighted by molar-refractivity contribution is 5.90. The Kier molecular flexibility index (Phi) is 13.3. The van der Waals surface area contributed by atoms with Crippen LogP contribution < -0.4 is 4.74 Å². The molecule has 234 valence electrons. The highest BCUT2D eigenvalue weighted by Crippen LogP contribution is 2.29. The summed E-state index contributed by atoms with van der Waals surface area (Å²) in [5, 5.41) is 0. The van der Waals surface area contributed by atoms with E-state index in [1.807, 2.05) is 6.92 Å². The first-order chi connectivity index (χ1) is 20.6. The van der Waals surface area contributed by atoms with E-state index in [4.69, 9.17) is 9.47 Å². The second-order valence-corrected chi connectivity index (χ2v) is 10.6. The summed E-state index contributed by atoms with van der Waals surface area (Å²) in [6.45, 7) is 3.84. The minimum absolute atomic E-state index is 0.0171. The maximum absolute atomic E-state index is 14.6. The van der Waals surface area contributed by atoms with Crippen molar-refractivity contribution in [2.24, 2.45) is 0 Å². The second kappa shape index (κ2) is 16.9. The van der Waals surface area contributed by atoms with Crippen LogP contribution in [0.3, 0.4) is 0 Å². The van der Waals surface area contributed by atoms with Gasteiger partial charge in [0.2, 0.25) is 0 Å². The third kappa shape index (κ3) is 10.9. The summed E-state index contributed by atoms with van der Waals surface area (Å²) in [4.78, 5) is 21.0. The minimum Gasteiger partial charge on any atom is -0.487 e. The maximum Gasteiger partial charge on any atom is 0.425 e. The number of hydrogen-bond acceptors (Lipinski definition) is 5. The van der Waals surface area contributed by atoms with Gasteiger partial charge in [-0.3, -0.25) is 0 Å². The smallest absolute Gasteiger partial charge is 0.425 e. The molecule has 43 heavy (non-hydrogen) atoms. The second-order valence-electron chi connectivity index (χ2n) is 10.6. The number of halogens is 5. The molecule has 0 radical (unpaired) electrons. The van der Waals surface area contributed by atoms with Crippen LogP contribution in [-0.2, 0) is 4.74 Å². The topological polar surface area (TPSA) is 61.3 Å².